The number of para-hydroxylation sites is 1. The predicted molar refractivity (Wildman–Crippen MR) is 85.7 cm³/mol. The molecule has 22 heavy (non-hydrogen) atoms. The van der Waals surface area contributed by atoms with Crippen LogP contribution in [-0.2, 0) is 11.3 Å². The number of aromatic nitrogens is 2. The average Bonchev–Trinajstić information content (AvgIpc) is 2.94. The Bertz CT molecular complexity index is 623. The van der Waals surface area contributed by atoms with Crippen molar-refractivity contribution < 1.29 is 4.79 Å². The fourth-order valence-electron chi connectivity index (χ4n) is 2.98. The molecule has 1 fully saturated rings. The van der Waals surface area contributed by atoms with Crippen molar-refractivity contribution >= 4 is 5.91 Å². The van der Waals surface area contributed by atoms with Crippen LogP contribution in [0.3, 0.4) is 0 Å². The molecule has 1 aliphatic rings. The molecule has 0 aliphatic carbocycles. The van der Waals surface area contributed by atoms with E-state index in [2.05, 4.69) is 38.7 Å². The van der Waals surface area contributed by atoms with Crippen LogP contribution in [0, 0.1) is 0 Å². The predicted octanol–water partition coefficient (Wildman–Crippen LogP) is 1.93. The highest BCUT2D eigenvalue weighted by Gasteiger charge is 2.17. The quantitative estimate of drug-likeness (QED) is 0.869. The second-order valence-electron chi connectivity index (χ2n) is 5.73. The van der Waals surface area contributed by atoms with Crippen molar-refractivity contribution in [3.63, 3.8) is 0 Å². The van der Waals surface area contributed by atoms with E-state index in [0.29, 0.717) is 0 Å². The third kappa shape index (κ3) is 3.36. The first-order valence-corrected chi connectivity index (χ1v) is 7.78. The number of rotatable bonds is 3. The molecule has 5 nitrogen and oxygen atoms in total. The summed E-state index contributed by atoms with van der Waals surface area (Å²) >= 11 is 0. The summed E-state index contributed by atoms with van der Waals surface area (Å²) in [7, 11) is 0. The summed E-state index contributed by atoms with van der Waals surface area (Å²) < 4.78 is 2.05. The molecule has 0 radical (unpaired) electrons. The molecule has 1 aromatic carbocycles. The summed E-state index contributed by atoms with van der Waals surface area (Å²) in [6, 6.07) is 8.42. The second-order valence-corrected chi connectivity index (χ2v) is 5.73. The van der Waals surface area contributed by atoms with E-state index in [-0.39, 0.29) is 5.91 Å². The molecule has 116 valence electrons. The van der Waals surface area contributed by atoms with E-state index in [1.54, 1.807) is 13.1 Å². The van der Waals surface area contributed by atoms with Crippen molar-refractivity contribution in [2.24, 2.45) is 0 Å². The Morgan fingerprint density at radius 1 is 1.18 bits per heavy atom. The lowest BCUT2D eigenvalue weighted by atomic mass is 10.1. The molecule has 0 saturated carbocycles. The molecule has 0 N–H and O–H groups in total. The molecule has 3 rings (SSSR count). The van der Waals surface area contributed by atoms with Crippen molar-refractivity contribution in [2.45, 2.75) is 19.9 Å². The molecule has 5 heteroatoms. The van der Waals surface area contributed by atoms with Crippen molar-refractivity contribution in [1.29, 1.82) is 0 Å². The second kappa shape index (κ2) is 6.75. The van der Waals surface area contributed by atoms with E-state index in [1.807, 2.05) is 17.4 Å². The van der Waals surface area contributed by atoms with Gasteiger partial charge in [-0.1, -0.05) is 18.2 Å². The van der Waals surface area contributed by atoms with E-state index in [1.165, 1.54) is 11.3 Å². The Kier molecular flexibility index (Phi) is 4.53. The monoisotopic (exact) mass is 298 g/mol. The van der Waals surface area contributed by atoms with Gasteiger partial charge in [0.1, 0.15) is 0 Å². The van der Waals surface area contributed by atoms with Gasteiger partial charge in [0, 0.05) is 52.0 Å². The van der Waals surface area contributed by atoms with Gasteiger partial charge in [-0.05, 0) is 18.1 Å². The van der Waals surface area contributed by atoms with Crippen LogP contribution in [0.25, 0.3) is 5.69 Å². The number of nitrogens with zero attached hydrogens (tertiary/aromatic N) is 4. The maximum absolute atomic E-state index is 11.5. The van der Waals surface area contributed by atoms with Crippen LogP contribution >= 0.6 is 0 Å². The van der Waals surface area contributed by atoms with Crippen molar-refractivity contribution in [1.82, 2.24) is 19.4 Å². The topological polar surface area (TPSA) is 41.4 Å². The number of hydrogen-bond acceptors (Lipinski definition) is 3. The Morgan fingerprint density at radius 3 is 2.82 bits per heavy atom. The van der Waals surface area contributed by atoms with Crippen LogP contribution in [0.4, 0.5) is 0 Å². The molecule has 2 aromatic rings. The standard InChI is InChI=1S/C17H22N4O/c1-15(22)20-9-4-8-19(11-12-20)13-16-5-2-3-6-17(16)21-10-7-18-14-21/h2-3,5-7,10,14H,4,8-9,11-13H2,1H3. The number of carbonyl (C=O) groups is 1. The number of benzene rings is 1. The van der Waals surface area contributed by atoms with Crippen LogP contribution < -0.4 is 0 Å². The van der Waals surface area contributed by atoms with Gasteiger partial charge in [-0.25, -0.2) is 4.98 Å². The lowest BCUT2D eigenvalue weighted by Crippen LogP contribution is -2.33. The van der Waals surface area contributed by atoms with Gasteiger partial charge in [0.05, 0.1) is 12.0 Å². The Labute approximate surface area is 131 Å². The molecule has 1 aromatic heterocycles. The molecular formula is C17H22N4O. The Balaban J connectivity index is 1.72. The minimum atomic E-state index is 0.181. The first kappa shape index (κ1) is 14.8. The lowest BCUT2D eigenvalue weighted by Gasteiger charge is -2.22. The van der Waals surface area contributed by atoms with Crippen molar-refractivity contribution in [3.8, 4) is 5.69 Å². The van der Waals surface area contributed by atoms with Crippen LogP contribution in [0.1, 0.15) is 18.9 Å². The molecule has 0 spiro atoms. The van der Waals surface area contributed by atoms with Crippen LogP contribution in [0.2, 0.25) is 0 Å². The average molecular weight is 298 g/mol. The fraction of sp³-hybridized carbons (Fsp3) is 0.412. The number of carbonyl (C=O) groups excluding carboxylic acids is 1. The maximum Gasteiger partial charge on any atom is 0.219 e. The molecular weight excluding hydrogens is 276 g/mol. The molecule has 1 aliphatic heterocycles. The lowest BCUT2D eigenvalue weighted by molar-refractivity contribution is -0.128. The zero-order valence-corrected chi connectivity index (χ0v) is 13.0. The molecule has 1 saturated heterocycles. The van der Waals surface area contributed by atoms with E-state index >= 15 is 0 Å². The molecule has 0 atom stereocenters. The van der Waals surface area contributed by atoms with Gasteiger partial charge >= 0.3 is 0 Å². The summed E-state index contributed by atoms with van der Waals surface area (Å²) in [5, 5.41) is 0. The highest BCUT2D eigenvalue weighted by Crippen LogP contribution is 2.17. The first-order valence-electron chi connectivity index (χ1n) is 7.78. The summed E-state index contributed by atoms with van der Waals surface area (Å²) in [5.41, 5.74) is 2.46. The summed E-state index contributed by atoms with van der Waals surface area (Å²) in [6.45, 7) is 6.21. The molecule has 0 bridgehead atoms. The third-order valence-corrected chi connectivity index (χ3v) is 4.20. The zero-order valence-electron chi connectivity index (χ0n) is 13.0. The van der Waals surface area contributed by atoms with Crippen LogP contribution in [-0.4, -0.2) is 51.4 Å². The summed E-state index contributed by atoms with van der Waals surface area (Å²) in [4.78, 5) is 20.0. The maximum atomic E-state index is 11.5. The van der Waals surface area contributed by atoms with Gasteiger partial charge in [-0.15, -0.1) is 0 Å². The van der Waals surface area contributed by atoms with E-state index in [9.17, 15) is 4.79 Å². The first-order chi connectivity index (χ1) is 10.7. The Morgan fingerprint density at radius 2 is 2.05 bits per heavy atom. The fourth-order valence-corrected chi connectivity index (χ4v) is 2.98. The van der Waals surface area contributed by atoms with Gasteiger partial charge in [-0.3, -0.25) is 9.69 Å². The SMILES string of the molecule is CC(=O)N1CCCN(Cc2ccccc2-n2ccnc2)CC1. The number of hydrogen-bond donors (Lipinski definition) is 0. The van der Waals surface area contributed by atoms with Crippen molar-refractivity contribution in [3.05, 3.63) is 48.5 Å². The minimum absolute atomic E-state index is 0.181. The van der Waals surface area contributed by atoms with Gasteiger partial charge in [-0.2, -0.15) is 0 Å². The molecule has 0 unspecified atom stereocenters. The van der Waals surface area contributed by atoms with Crippen molar-refractivity contribution in [2.75, 3.05) is 26.2 Å². The summed E-state index contributed by atoms with van der Waals surface area (Å²) in [6.07, 6.45) is 6.64. The minimum Gasteiger partial charge on any atom is -0.342 e. The van der Waals surface area contributed by atoms with Crippen LogP contribution in [0.5, 0.6) is 0 Å². The van der Waals surface area contributed by atoms with E-state index in [0.717, 1.165) is 39.1 Å². The smallest absolute Gasteiger partial charge is 0.219 e. The summed E-state index contributed by atoms with van der Waals surface area (Å²) in [5.74, 6) is 0.181. The highest BCUT2D eigenvalue weighted by atomic mass is 16.2. The van der Waals surface area contributed by atoms with Crippen LogP contribution in [0.15, 0.2) is 43.0 Å². The zero-order chi connectivity index (χ0) is 15.4. The van der Waals surface area contributed by atoms with Gasteiger partial charge < -0.3 is 9.47 Å². The van der Waals surface area contributed by atoms with E-state index < -0.39 is 0 Å². The van der Waals surface area contributed by atoms with E-state index in [4.69, 9.17) is 0 Å². The number of amides is 1. The van der Waals surface area contributed by atoms with Gasteiger partial charge in [0.25, 0.3) is 0 Å². The van der Waals surface area contributed by atoms with Gasteiger partial charge in [0.15, 0.2) is 0 Å². The molecule has 1 amide bonds. The largest absolute Gasteiger partial charge is 0.342 e. The normalized spacial score (nSPS) is 16.5. The Hall–Kier alpha value is -2.14. The van der Waals surface area contributed by atoms with Gasteiger partial charge in [0.2, 0.25) is 5.91 Å². The number of imidazole rings is 1. The highest BCUT2D eigenvalue weighted by molar-refractivity contribution is 5.73. The third-order valence-electron chi connectivity index (χ3n) is 4.20. The molecule has 2 heterocycles.